The van der Waals surface area contributed by atoms with Gasteiger partial charge in [0.2, 0.25) is 0 Å². The summed E-state index contributed by atoms with van der Waals surface area (Å²) in [5, 5.41) is 7.30. The molecule has 0 bridgehead atoms. The van der Waals surface area contributed by atoms with E-state index in [2.05, 4.69) is 162 Å². The van der Waals surface area contributed by atoms with E-state index in [0.29, 0.717) is 11.6 Å². The van der Waals surface area contributed by atoms with Crippen molar-refractivity contribution in [1.82, 2.24) is 19.5 Å². The van der Waals surface area contributed by atoms with Gasteiger partial charge in [-0.1, -0.05) is 140 Å². The van der Waals surface area contributed by atoms with Crippen molar-refractivity contribution in [3.63, 3.8) is 0 Å². The average molecular weight is 653 g/mol. The second-order valence-electron chi connectivity index (χ2n) is 13.2. The molecular formula is C47H32N4. The molecule has 0 saturated heterocycles. The maximum absolute atomic E-state index is 5.22. The molecule has 2 aromatic heterocycles. The van der Waals surface area contributed by atoms with E-state index in [4.69, 9.17) is 15.0 Å². The van der Waals surface area contributed by atoms with Crippen LogP contribution in [-0.2, 0) is 0 Å². The summed E-state index contributed by atoms with van der Waals surface area (Å²) >= 11 is 0. The fourth-order valence-corrected chi connectivity index (χ4v) is 7.64. The Bertz CT molecular complexity index is 2830. The first-order valence-corrected chi connectivity index (χ1v) is 17.5. The number of nitrogens with zero attached hydrogens (tertiary/aromatic N) is 4. The third kappa shape index (κ3) is 5.03. The third-order valence-electron chi connectivity index (χ3n) is 10.1. The van der Waals surface area contributed by atoms with Crippen molar-refractivity contribution >= 4 is 43.4 Å². The highest BCUT2D eigenvalue weighted by molar-refractivity contribution is 6.16. The summed E-state index contributed by atoms with van der Waals surface area (Å²) in [6, 6.07) is 54.1. The summed E-state index contributed by atoms with van der Waals surface area (Å²) in [5.74, 6) is 2.24. The Morgan fingerprint density at radius 3 is 2.02 bits per heavy atom. The first-order chi connectivity index (χ1) is 25.3. The van der Waals surface area contributed by atoms with Gasteiger partial charge >= 0.3 is 0 Å². The molecule has 4 nitrogen and oxygen atoms in total. The van der Waals surface area contributed by atoms with E-state index in [1.807, 2.05) is 18.2 Å². The Kier molecular flexibility index (Phi) is 6.91. The van der Waals surface area contributed by atoms with Crippen molar-refractivity contribution in [1.29, 1.82) is 0 Å². The lowest BCUT2D eigenvalue weighted by molar-refractivity contribution is 0.764. The SMILES string of the molecule is C1=CCC(c2nc(-c3ccccc3)nc(-c3cccc4c3c3cc(-c5ccc6ccc7ccccc7c6c5)ccc3n4-c3ccccc3)n2)C=C1. The standard InChI is InChI=1S/C47H32N4/c1-4-14-33(15-5-1)45-48-46(34-16-6-2-7-17-34)50-47(49-45)39-21-12-22-43-44(39)41-30-36(27-28-42(41)51(43)37-18-8-3-9-19-37)35-26-25-32-24-23-31-13-10-11-20-38(31)40(32)29-35/h1-16,18-30,34H,17H2. The average Bonchev–Trinajstić information content (AvgIpc) is 3.55. The maximum Gasteiger partial charge on any atom is 0.164 e. The zero-order valence-electron chi connectivity index (χ0n) is 27.8. The molecule has 0 radical (unpaired) electrons. The molecule has 51 heavy (non-hydrogen) atoms. The number of hydrogen-bond donors (Lipinski definition) is 0. The van der Waals surface area contributed by atoms with Crippen LogP contribution in [0.1, 0.15) is 18.2 Å². The van der Waals surface area contributed by atoms with Gasteiger partial charge in [-0.3, -0.25) is 0 Å². The first-order valence-electron chi connectivity index (χ1n) is 17.5. The molecule has 7 aromatic carbocycles. The molecule has 0 N–H and O–H groups in total. The lowest BCUT2D eigenvalue weighted by Crippen LogP contribution is -2.08. The van der Waals surface area contributed by atoms with Crippen molar-refractivity contribution in [3.05, 3.63) is 182 Å². The molecule has 1 aliphatic carbocycles. The smallest absolute Gasteiger partial charge is 0.164 e. The van der Waals surface area contributed by atoms with Gasteiger partial charge < -0.3 is 4.57 Å². The van der Waals surface area contributed by atoms with E-state index in [0.717, 1.165) is 50.9 Å². The fourth-order valence-electron chi connectivity index (χ4n) is 7.64. The Hall–Kier alpha value is -6.65. The highest BCUT2D eigenvalue weighted by atomic mass is 15.0. The molecule has 240 valence electrons. The summed E-state index contributed by atoms with van der Waals surface area (Å²) in [6.45, 7) is 0. The molecule has 0 saturated carbocycles. The minimum atomic E-state index is 0.0830. The Morgan fingerprint density at radius 2 is 1.20 bits per heavy atom. The van der Waals surface area contributed by atoms with Crippen LogP contribution in [0.3, 0.4) is 0 Å². The molecule has 2 heterocycles. The lowest BCUT2D eigenvalue weighted by Gasteiger charge is -2.15. The van der Waals surface area contributed by atoms with E-state index < -0.39 is 0 Å². The molecule has 1 unspecified atom stereocenters. The molecule has 0 amide bonds. The van der Waals surface area contributed by atoms with Crippen molar-refractivity contribution in [2.24, 2.45) is 0 Å². The number of rotatable bonds is 5. The van der Waals surface area contributed by atoms with Gasteiger partial charge in [0.05, 0.1) is 11.0 Å². The number of allylic oxidation sites excluding steroid dienone is 4. The van der Waals surface area contributed by atoms with Crippen LogP contribution in [0.5, 0.6) is 0 Å². The number of benzene rings is 7. The van der Waals surface area contributed by atoms with Crippen LogP contribution >= 0.6 is 0 Å². The maximum atomic E-state index is 5.22. The molecule has 1 atom stereocenters. The fraction of sp³-hybridized carbons (Fsp3) is 0.0426. The van der Waals surface area contributed by atoms with Crippen molar-refractivity contribution < 1.29 is 0 Å². The first kappa shape index (κ1) is 29.3. The molecule has 0 aliphatic heterocycles. The van der Waals surface area contributed by atoms with Gasteiger partial charge in [-0.2, -0.15) is 0 Å². The molecular weight excluding hydrogens is 621 g/mol. The van der Waals surface area contributed by atoms with Crippen LogP contribution in [0.2, 0.25) is 0 Å². The van der Waals surface area contributed by atoms with Gasteiger partial charge in [0.25, 0.3) is 0 Å². The predicted octanol–water partition coefficient (Wildman–Crippen LogP) is 11.9. The van der Waals surface area contributed by atoms with Crippen LogP contribution in [0.4, 0.5) is 0 Å². The van der Waals surface area contributed by atoms with Gasteiger partial charge in [-0.25, -0.2) is 15.0 Å². The van der Waals surface area contributed by atoms with Crippen LogP contribution in [0.25, 0.3) is 82.9 Å². The zero-order chi connectivity index (χ0) is 33.7. The molecule has 9 aromatic rings. The highest BCUT2D eigenvalue weighted by Crippen LogP contribution is 2.41. The van der Waals surface area contributed by atoms with Crippen LogP contribution in [0.15, 0.2) is 176 Å². The summed E-state index contributed by atoms with van der Waals surface area (Å²) in [5.41, 5.74) is 7.67. The minimum absolute atomic E-state index is 0.0830. The molecule has 10 rings (SSSR count). The summed E-state index contributed by atoms with van der Waals surface area (Å²) in [6.07, 6.45) is 9.41. The van der Waals surface area contributed by atoms with Crippen LogP contribution in [-0.4, -0.2) is 19.5 Å². The van der Waals surface area contributed by atoms with Gasteiger partial charge in [-0.15, -0.1) is 0 Å². The Morgan fingerprint density at radius 1 is 0.490 bits per heavy atom. The van der Waals surface area contributed by atoms with Gasteiger partial charge in [0.1, 0.15) is 5.82 Å². The molecule has 0 fully saturated rings. The normalized spacial score (nSPS) is 14.2. The number of para-hydroxylation sites is 1. The van der Waals surface area contributed by atoms with E-state index in [-0.39, 0.29) is 5.92 Å². The summed E-state index contributed by atoms with van der Waals surface area (Å²) in [4.78, 5) is 15.4. The van der Waals surface area contributed by atoms with E-state index >= 15 is 0 Å². The van der Waals surface area contributed by atoms with Crippen LogP contribution < -0.4 is 0 Å². The second-order valence-corrected chi connectivity index (χ2v) is 13.2. The lowest BCUT2D eigenvalue weighted by atomic mass is 9.96. The van der Waals surface area contributed by atoms with E-state index in [9.17, 15) is 0 Å². The quantitative estimate of drug-likeness (QED) is 0.174. The number of hydrogen-bond acceptors (Lipinski definition) is 3. The van der Waals surface area contributed by atoms with Gasteiger partial charge in [-0.05, 0) is 75.5 Å². The van der Waals surface area contributed by atoms with Crippen molar-refractivity contribution in [2.75, 3.05) is 0 Å². The Balaban J connectivity index is 1.24. The Labute approximate surface area is 295 Å². The number of aromatic nitrogens is 4. The number of fused-ring (bicyclic) bond motifs is 6. The van der Waals surface area contributed by atoms with Gasteiger partial charge in [0.15, 0.2) is 11.6 Å². The zero-order valence-corrected chi connectivity index (χ0v) is 27.8. The molecule has 1 aliphatic rings. The van der Waals surface area contributed by atoms with Crippen molar-refractivity contribution in [2.45, 2.75) is 12.3 Å². The van der Waals surface area contributed by atoms with Gasteiger partial charge in [0, 0.05) is 33.5 Å². The molecule has 0 spiro atoms. The predicted molar refractivity (Wildman–Crippen MR) is 211 cm³/mol. The summed E-state index contributed by atoms with van der Waals surface area (Å²) in [7, 11) is 0. The largest absolute Gasteiger partial charge is 0.309 e. The van der Waals surface area contributed by atoms with E-state index in [1.165, 1.54) is 32.7 Å². The van der Waals surface area contributed by atoms with Crippen molar-refractivity contribution in [3.8, 4) is 39.6 Å². The molecule has 4 heteroatoms. The highest BCUT2D eigenvalue weighted by Gasteiger charge is 2.22. The van der Waals surface area contributed by atoms with Crippen LogP contribution in [0, 0.1) is 0 Å². The topological polar surface area (TPSA) is 43.6 Å². The minimum Gasteiger partial charge on any atom is -0.309 e. The monoisotopic (exact) mass is 652 g/mol. The summed E-state index contributed by atoms with van der Waals surface area (Å²) < 4.78 is 2.36. The van der Waals surface area contributed by atoms with E-state index in [1.54, 1.807) is 0 Å². The second kappa shape index (κ2) is 12.0. The third-order valence-corrected chi connectivity index (χ3v) is 10.1.